The zero-order valence-corrected chi connectivity index (χ0v) is 23.7. The Morgan fingerprint density at radius 2 is 1.87 bits per heavy atom. The fraction of sp³-hybridized carbons (Fsp3) is 0.500. The number of amides is 1. The molecule has 8 nitrogen and oxygen atoms in total. The van der Waals surface area contributed by atoms with Crippen LogP contribution in [0.15, 0.2) is 41.3 Å². The number of carbonyl (C=O) groups excluding carboxylic acids is 1. The first-order valence-electron chi connectivity index (χ1n) is 12.7. The highest BCUT2D eigenvalue weighted by Gasteiger charge is 2.38. The zero-order chi connectivity index (χ0) is 28.2. The fourth-order valence-electron chi connectivity index (χ4n) is 4.40. The number of sulfonamides is 1. The van der Waals surface area contributed by atoms with Gasteiger partial charge < -0.3 is 14.8 Å². The first-order valence-corrected chi connectivity index (χ1v) is 14.9. The number of nitrogens with zero attached hydrogens (tertiary/aromatic N) is 1. The molecule has 2 atom stereocenters. The van der Waals surface area contributed by atoms with Crippen LogP contribution in [0.3, 0.4) is 0 Å². The van der Waals surface area contributed by atoms with Crippen molar-refractivity contribution in [2.45, 2.75) is 55.3 Å². The summed E-state index contributed by atoms with van der Waals surface area (Å²) < 4.78 is 65.9. The van der Waals surface area contributed by atoms with Crippen molar-refractivity contribution in [3.05, 3.63) is 52.3 Å². The highest BCUT2D eigenvalue weighted by atomic mass is 35.5. The minimum Gasteiger partial charge on any atom is -0.491 e. The molecule has 0 spiro atoms. The van der Waals surface area contributed by atoms with Crippen molar-refractivity contribution in [3.63, 3.8) is 0 Å². The van der Waals surface area contributed by atoms with Crippen LogP contribution in [-0.2, 0) is 19.6 Å². The summed E-state index contributed by atoms with van der Waals surface area (Å²) in [6.45, 7) is 3.39. The summed E-state index contributed by atoms with van der Waals surface area (Å²) in [5.74, 6) is -0.682. The standard InChI is InChI=1S/C26H31Cl2F2N3O5S/c1-26(9-2-3-11-38-26)25(34)32-39(35,36)21-12-22(27)24(23(28)13-21)31-19(8-10-33-14-18(30)15-33)16-37-20-6-4-17(29)5-7-20/h4-7,12-13,18-19,31H,2-3,8-11,14-16H2,1H3,(H,32,34)/t19-,26-/m1/s1. The number of likely N-dealkylation sites (tertiary alicyclic amines) is 1. The maximum absolute atomic E-state index is 13.3. The van der Waals surface area contributed by atoms with E-state index < -0.39 is 27.7 Å². The second kappa shape index (κ2) is 12.6. The fourth-order valence-corrected chi connectivity index (χ4v) is 6.25. The monoisotopic (exact) mass is 605 g/mol. The van der Waals surface area contributed by atoms with Crippen LogP contribution in [0, 0.1) is 5.82 Å². The summed E-state index contributed by atoms with van der Waals surface area (Å²) in [5, 5.41) is 3.25. The Balaban J connectivity index is 1.47. The van der Waals surface area contributed by atoms with Crippen LogP contribution < -0.4 is 14.8 Å². The van der Waals surface area contributed by atoms with Gasteiger partial charge >= 0.3 is 0 Å². The van der Waals surface area contributed by atoms with Gasteiger partial charge in [-0.1, -0.05) is 23.2 Å². The minimum absolute atomic E-state index is 0.0232. The number of anilines is 1. The van der Waals surface area contributed by atoms with Gasteiger partial charge in [0.05, 0.1) is 26.7 Å². The van der Waals surface area contributed by atoms with Crippen molar-refractivity contribution in [2.75, 3.05) is 38.2 Å². The molecule has 2 N–H and O–H groups in total. The van der Waals surface area contributed by atoms with E-state index in [1.807, 2.05) is 4.90 Å². The molecule has 0 radical (unpaired) electrons. The van der Waals surface area contributed by atoms with E-state index in [2.05, 4.69) is 10.0 Å². The molecule has 2 saturated heterocycles. The molecule has 2 aromatic rings. The largest absolute Gasteiger partial charge is 0.491 e. The number of nitrogens with one attached hydrogen (secondary N) is 2. The lowest BCUT2D eigenvalue weighted by Gasteiger charge is -2.35. The number of rotatable bonds is 11. The highest BCUT2D eigenvalue weighted by Crippen LogP contribution is 2.35. The number of benzene rings is 2. The first-order chi connectivity index (χ1) is 18.4. The van der Waals surface area contributed by atoms with Gasteiger partial charge in [-0.05, 0) is 69.0 Å². The van der Waals surface area contributed by atoms with Gasteiger partial charge in [0.25, 0.3) is 15.9 Å². The van der Waals surface area contributed by atoms with Crippen molar-refractivity contribution >= 4 is 44.8 Å². The van der Waals surface area contributed by atoms with Gasteiger partial charge in [-0.3, -0.25) is 9.69 Å². The highest BCUT2D eigenvalue weighted by molar-refractivity contribution is 7.90. The van der Waals surface area contributed by atoms with Gasteiger partial charge in [-0.15, -0.1) is 0 Å². The number of alkyl halides is 1. The maximum atomic E-state index is 13.3. The van der Waals surface area contributed by atoms with Crippen LogP contribution >= 0.6 is 23.2 Å². The summed E-state index contributed by atoms with van der Waals surface area (Å²) >= 11 is 12.9. The van der Waals surface area contributed by atoms with E-state index in [4.69, 9.17) is 32.7 Å². The third-order valence-electron chi connectivity index (χ3n) is 6.82. The lowest BCUT2D eigenvalue weighted by Crippen LogP contribution is -2.50. The van der Waals surface area contributed by atoms with Crippen LogP contribution in [0.5, 0.6) is 5.75 Å². The molecular formula is C26H31Cl2F2N3O5S. The van der Waals surface area contributed by atoms with Crippen molar-refractivity contribution in [1.82, 2.24) is 9.62 Å². The van der Waals surface area contributed by atoms with E-state index in [0.29, 0.717) is 44.8 Å². The van der Waals surface area contributed by atoms with Crippen molar-refractivity contribution < 1.29 is 31.5 Å². The minimum atomic E-state index is -4.28. The van der Waals surface area contributed by atoms with E-state index in [0.717, 1.165) is 12.8 Å². The molecule has 1 amide bonds. The predicted octanol–water partition coefficient (Wildman–Crippen LogP) is 4.80. The van der Waals surface area contributed by atoms with E-state index in [-0.39, 0.29) is 39.1 Å². The van der Waals surface area contributed by atoms with Gasteiger partial charge in [0.2, 0.25) is 0 Å². The van der Waals surface area contributed by atoms with E-state index in [1.165, 1.54) is 36.4 Å². The molecule has 214 valence electrons. The number of halogens is 4. The third kappa shape index (κ3) is 7.73. The van der Waals surface area contributed by atoms with Crippen molar-refractivity contribution in [1.29, 1.82) is 0 Å². The quantitative estimate of drug-likeness (QED) is 0.380. The lowest BCUT2D eigenvalue weighted by molar-refractivity contribution is -0.148. The molecule has 2 heterocycles. The van der Waals surface area contributed by atoms with Crippen LogP contribution in [-0.4, -0.2) is 69.9 Å². The molecular weight excluding hydrogens is 575 g/mol. The summed E-state index contributed by atoms with van der Waals surface area (Å²) in [6.07, 6.45) is 1.66. The third-order valence-corrected chi connectivity index (χ3v) is 8.73. The Kier molecular flexibility index (Phi) is 9.59. The molecule has 13 heteroatoms. The number of hydrogen-bond acceptors (Lipinski definition) is 7. The average molecular weight is 607 g/mol. The van der Waals surface area contributed by atoms with Crippen molar-refractivity contribution in [3.8, 4) is 5.75 Å². The van der Waals surface area contributed by atoms with Gasteiger partial charge in [0, 0.05) is 26.2 Å². The number of ether oxygens (including phenoxy) is 2. The predicted molar refractivity (Wildman–Crippen MR) is 145 cm³/mol. The van der Waals surface area contributed by atoms with Gasteiger partial charge in [-0.25, -0.2) is 21.9 Å². The molecule has 4 rings (SSSR count). The first kappa shape index (κ1) is 29.8. The Morgan fingerprint density at radius 3 is 2.46 bits per heavy atom. The van der Waals surface area contributed by atoms with E-state index >= 15 is 0 Å². The topological polar surface area (TPSA) is 97.0 Å². The van der Waals surface area contributed by atoms with E-state index in [9.17, 15) is 22.0 Å². The SMILES string of the molecule is C[C@]1(C(=O)NS(=O)(=O)c2cc(Cl)c(N[C@H](CCN3CC(F)C3)COc3ccc(F)cc3)c(Cl)c2)CCCCO1. The van der Waals surface area contributed by atoms with Gasteiger partial charge in [-0.2, -0.15) is 0 Å². The van der Waals surface area contributed by atoms with Crippen LogP contribution in [0.2, 0.25) is 10.0 Å². The van der Waals surface area contributed by atoms with Gasteiger partial charge in [0.1, 0.15) is 29.9 Å². The normalized spacial score (nSPS) is 21.2. The summed E-state index contributed by atoms with van der Waals surface area (Å²) in [4.78, 5) is 14.4. The molecule has 0 saturated carbocycles. The Morgan fingerprint density at radius 1 is 1.21 bits per heavy atom. The Bertz CT molecular complexity index is 1250. The Hall–Kier alpha value is -2.18. The lowest BCUT2D eigenvalue weighted by atomic mass is 9.95. The average Bonchev–Trinajstić information content (AvgIpc) is 2.87. The number of carbonyl (C=O) groups is 1. The second-order valence-electron chi connectivity index (χ2n) is 9.98. The van der Waals surface area contributed by atoms with Crippen molar-refractivity contribution in [2.24, 2.45) is 0 Å². The molecule has 0 bridgehead atoms. The summed E-state index contributed by atoms with van der Waals surface area (Å²) in [6, 6.07) is 7.63. The Labute approximate surface area is 237 Å². The van der Waals surface area contributed by atoms with Gasteiger partial charge in [0.15, 0.2) is 0 Å². The van der Waals surface area contributed by atoms with E-state index in [1.54, 1.807) is 6.92 Å². The summed E-state index contributed by atoms with van der Waals surface area (Å²) in [7, 11) is -4.28. The molecule has 2 aromatic carbocycles. The molecule has 2 aliphatic heterocycles. The molecule has 0 aromatic heterocycles. The van der Waals surface area contributed by atoms with Crippen LogP contribution in [0.4, 0.5) is 14.5 Å². The number of hydrogen-bond donors (Lipinski definition) is 2. The van der Waals surface area contributed by atoms with Crippen LogP contribution in [0.25, 0.3) is 0 Å². The second-order valence-corrected chi connectivity index (χ2v) is 12.5. The summed E-state index contributed by atoms with van der Waals surface area (Å²) in [5.41, 5.74) is -0.956. The van der Waals surface area contributed by atoms with Crippen LogP contribution in [0.1, 0.15) is 32.6 Å². The molecule has 39 heavy (non-hydrogen) atoms. The molecule has 0 unspecified atom stereocenters. The molecule has 2 fully saturated rings. The maximum Gasteiger partial charge on any atom is 0.265 e. The molecule has 2 aliphatic rings. The smallest absolute Gasteiger partial charge is 0.265 e. The molecule has 0 aliphatic carbocycles. The zero-order valence-electron chi connectivity index (χ0n) is 21.4.